The maximum atomic E-state index is 10.8. The minimum absolute atomic E-state index is 0.650. The Bertz CT molecular complexity index is 263. The van der Waals surface area contributed by atoms with Crippen LogP contribution in [0.5, 0.6) is 0 Å². The van der Waals surface area contributed by atoms with Crippen LogP contribution in [0.1, 0.15) is 11.6 Å². The van der Waals surface area contributed by atoms with Crippen LogP contribution in [0, 0.1) is 0 Å². The molecule has 1 rings (SSSR count). The monoisotopic (exact) mass is 185 g/mol. The quantitative estimate of drug-likeness (QED) is 0.758. The summed E-state index contributed by atoms with van der Waals surface area (Å²) in [6, 6.07) is 8.08. The molecule has 0 heterocycles. The van der Waals surface area contributed by atoms with Gasteiger partial charge in [-0.3, -0.25) is 0 Å². The third-order valence-electron chi connectivity index (χ3n) is 1.49. The van der Waals surface area contributed by atoms with Crippen molar-refractivity contribution in [3.8, 4) is 0 Å². The van der Waals surface area contributed by atoms with Gasteiger partial charge in [0.1, 0.15) is 17.9 Å². The minimum atomic E-state index is -0.802. The number of hydrogen-bond donors (Lipinski definition) is 1. The fourth-order valence-corrected chi connectivity index (χ4v) is 0.940. The lowest BCUT2D eigenvalue weighted by Gasteiger charge is -2.06. The van der Waals surface area contributed by atoms with E-state index >= 15 is 0 Å². The Labute approximate surface area is 75.3 Å². The molecule has 12 heavy (non-hydrogen) atoms. The Balaban J connectivity index is 2.78. The van der Waals surface area contributed by atoms with E-state index in [1.54, 1.807) is 24.3 Å². The van der Waals surface area contributed by atoms with Crippen molar-refractivity contribution in [2.75, 3.05) is 0 Å². The van der Waals surface area contributed by atoms with E-state index in [1.807, 2.05) is 6.07 Å². The summed E-state index contributed by atoms with van der Waals surface area (Å²) >= 11 is 4.87. The van der Waals surface area contributed by atoms with E-state index in [9.17, 15) is 4.79 Å². The van der Waals surface area contributed by atoms with Crippen LogP contribution in [-0.4, -0.2) is 5.97 Å². The molecule has 0 aliphatic carbocycles. The van der Waals surface area contributed by atoms with Gasteiger partial charge in [-0.15, -0.1) is 0 Å². The topological polar surface area (TPSA) is 52.3 Å². The van der Waals surface area contributed by atoms with Gasteiger partial charge in [0, 0.05) is 0 Å². The molecule has 0 aliphatic heterocycles. The second-order valence-corrected chi connectivity index (χ2v) is 2.44. The predicted octanol–water partition coefficient (Wildman–Crippen LogP) is 1.38. The highest BCUT2D eigenvalue weighted by molar-refractivity contribution is 6.13. The summed E-state index contributed by atoms with van der Waals surface area (Å²) in [6.07, 6.45) is 0. The molecule has 0 bridgehead atoms. The molecule has 64 valence electrons. The molecule has 1 aromatic carbocycles. The van der Waals surface area contributed by atoms with Crippen molar-refractivity contribution in [1.82, 2.24) is 0 Å². The fourth-order valence-electron chi connectivity index (χ4n) is 0.844. The Hall–Kier alpha value is -1.06. The molecule has 0 aliphatic rings. The summed E-state index contributed by atoms with van der Waals surface area (Å²) < 4.78 is 3.97. The molecule has 0 amide bonds. The average molecular weight is 186 g/mol. The predicted molar refractivity (Wildman–Crippen MR) is 45.3 cm³/mol. The van der Waals surface area contributed by atoms with E-state index in [-0.39, 0.29) is 0 Å². The second-order valence-electron chi connectivity index (χ2n) is 2.28. The summed E-state index contributed by atoms with van der Waals surface area (Å²) in [5, 5.41) is 0. The number of carbonyl (C=O) groups excluding carboxylic acids is 1. The van der Waals surface area contributed by atoms with Gasteiger partial charge in [0.2, 0.25) is 0 Å². The van der Waals surface area contributed by atoms with Crippen LogP contribution in [0.15, 0.2) is 30.3 Å². The molecule has 0 saturated heterocycles. The van der Waals surface area contributed by atoms with Crippen molar-refractivity contribution >= 4 is 17.8 Å². The van der Waals surface area contributed by atoms with Crippen molar-refractivity contribution in [1.29, 1.82) is 0 Å². The first-order valence-corrected chi connectivity index (χ1v) is 3.69. The molecule has 0 radical (unpaired) electrons. The van der Waals surface area contributed by atoms with Gasteiger partial charge in [-0.2, -0.15) is 0 Å². The van der Waals surface area contributed by atoms with E-state index in [1.165, 1.54) is 0 Å². The minimum Gasteiger partial charge on any atom is -0.346 e. The van der Waals surface area contributed by atoms with Gasteiger partial charge >= 0.3 is 5.97 Å². The molecule has 1 atom stereocenters. The molecule has 2 N–H and O–H groups in total. The van der Waals surface area contributed by atoms with E-state index in [0.717, 1.165) is 0 Å². The number of benzene rings is 1. The van der Waals surface area contributed by atoms with Gasteiger partial charge in [-0.25, -0.2) is 4.79 Å². The number of rotatable bonds is 2. The summed E-state index contributed by atoms with van der Waals surface area (Å²) in [4.78, 5) is 10.8. The zero-order valence-corrected chi connectivity index (χ0v) is 6.99. The molecular formula is C8H8ClNO2. The van der Waals surface area contributed by atoms with Gasteiger partial charge in [0.15, 0.2) is 0 Å². The van der Waals surface area contributed by atoms with Gasteiger partial charge in [-0.05, 0) is 5.56 Å². The number of hydrogen-bond acceptors (Lipinski definition) is 3. The number of halogens is 1. The Morgan fingerprint density at radius 2 is 2.00 bits per heavy atom. The highest BCUT2D eigenvalue weighted by atomic mass is 35.5. The largest absolute Gasteiger partial charge is 0.346 e. The lowest BCUT2D eigenvalue weighted by molar-refractivity contribution is -0.135. The SMILES string of the molecule is NC(C(=O)OCl)c1ccccc1. The van der Waals surface area contributed by atoms with Gasteiger partial charge in [-0.1, -0.05) is 30.3 Å². The van der Waals surface area contributed by atoms with Crippen molar-refractivity contribution in [3.63, 3.8) is 0 Å². The third-order valence-corrected chi connectivity index (χ3v) is 1.64. The first-order valence-electron chi connectivity index (χ1n) is 3.38. The highest BCUT2D eigenvalue weighted by Crippen LogP contribution is 2.11. The van der Waals surface area contributed by atoms with E-state index < -0.39 is 12.0 Å². The zero-order chi connectivity index (χ0) is 8.97. The lowest BCUT2D eigenvalue weighted by atomic mass is 10.1. The van der Waals surface area contributed by atoms with Crippen LogP contribution in [0.3, 0.4) is 0 Å². The van der Waals surface area contributed by atoms with Crippen LogP contribution in [0.25, 0.3) is 0 Å². The molecule has 0 aromatic heterocycles. The molecule has 0 spiro atoms. The lowest BCUT2D eigenvalue weighted by Crippen LogP contribution is -2.21. The van der Waals surface area contributed by atoms with Crippen molar-refractivity contribution < 1.29 is 9.08 Å². The van der Waals surface area contributed by atoms with E-state index in [4.69, 9.17) is 17.6 Å². The summed E-state index contributed by atoms with van der Waals surface area (Å²) in [5.74, 6) is -0.650. The van der Waals surface area contributed by atoms with Crippen LogP contribution < -0.4 is 5.73 Å². The molecule has 0 saturated carbocycles. The fraction of sp³-hybridized carbons (Fsp3) is 0.125. The van der Waals surface area contributed by atoms with Crippen molar-refractivity contribution in [2.24, 2.45) is 5.73 Å². The van der Waals surface area contributed by atoms with Gasteiger partial charge in [0.25, 0.3) is 0 Å². The molecule has 4 heteroatoms. The molecular weight excluding hydrogens is 178 g/mol. The first-order chi connectivity index (χ1) is 5.75. The maximum absolute atomic E-state index is 10.8. The summed E-state index contributed by atoms with van der Waals surface area (Å²) in [7, 11) is 0. The van der Waals surface area contributed by atoms with Crippen LogP contribution >= 0.6 is 11.9 Å². The molecule has 1 unspecified atom stereocenters. The Kier molecular flexibility index (Phi) is 3.08. The number of carbonyl (C=O) groups is 1. The van der Waals surface area contributed by atoms with Crippen molar-refractivity contribution in [3.05, 3.63) is 35.9 Å². The molecule has 0 fully saturated rings. The van der Waals surface area contributed by atoms with E-state index in [2.05, 4.69) is 4.29 Å². The van der Waals surface area contributed by atoms with Crippen LogP contribution in [0.4, 0.5) is 0 Å². The normalized spacial score (nSPS) is 12.2. The second kappa shape index (κ2) is 4.09. The smallest absolute Gasteiger partial charge is 0.345 e. The average Bonchev–Trinajstić information content (AvgIpc) is 2.17. The summed E-state index contributed by atoms with van der Waals surface area (Å²) in [6.45, 7) is 0. The number of nitrogens with two attached hydrogens (primary N) is 1. The van der Waals surface area contributed by atoms with E-state index in [0.29, 0.717) is 5.56 Å². The Morgan fingerprint density at radius 3 is 2.50 bits per heavy atom. The van der Waals surface area contributed by atoms with Gasteiger partial charge < -0.3 is 10.0 Å². The zero-order valence-electron chi connectivity index (χ0n) is 6.24. The van der Waals surface area contributed by atoms with Crippen LogP contribution in [0.2, 0.25) is 0 Å². The van der Waals surface area contributed by atoms with Crippen LogP contribution in [-0.2, 0) is 9.08 Å². The standard InChI is InChI=1S/C8H8ClNO2/c9-12-8(11)7(10)6-4-2-1-3-5-6/h1-5,7H,10H2. The summed E-state index contributed by atoms with van der Waals surface area (Å²) in [5.41, 5.74) is 6.17. The maximum Gasteiger partial charge on any atom is 0.345 e. The third kappa shape index (κ3) is 1.96. The molecule has 1 aromatic rings. The molecule has 3 nitrogen and oxygen atoms in total. The van der Waals surface area contributed by atoms with Crippen molar-refractivity contribution in [2.45, 2.75) is 6.04 Å². The first kappa shape index (κ1) is 9.03. The van der Waals surface area contributed by atoms with Gasteiger partial charge in [0.05, 0.1) is 0 Å². The Morgan fingerprint density at radius 1 is 1.42 bits per heavy atom. The highest BCUT2D eigenvalue weighted by Gasteiger charge is 2.16.